The van der Waals surface area contributed by atoms with Gasteiger partial charge in [-0.25, -0.2) is 31.1 Å². The van der Waals surface area contributed by atoms with Crippen molar-refractivity contribution in [2.75, 3.05) is 18.5 Å². The molecule has 4 rings (SSSR count). The molecule has 3 heterocycles. The lowest BCUT2D eigenvalue weighted by Gasteiger charge is -2.34. The van der Waals surface area contributed by atoms with Gasteiger partial charge in [0.25, 0.3) is 0 Å². The summed E-state index contributed by atoms with van der Waals surface area (Å²) in [5.41, 5.74) is 0.0413. The second-order valence-corrected chi connectivity index (χ2v) is 9.16. The number of benzene rings is 1. The first-order chi connectivity index (χ1) is 14.7. The molecule has 2 aliphatic rings. The molecule has 2 amide bonds. The largest absolute Gasteiger partial charge is 0.380 e. The quantitative estimate of drug-likeness (QED) is 0.679. The summed E-state index contributed by atoms with van der Waals surface area (Å²) in [7, 11) is -3.90. The van der Waals surface area contributed by atoms with Crippen LogP contribution in [0.5, 0.6) is 0 Å². The number of sulfonamides is 1. The summed E-state index contributed by atoms with van der Waals surface area (Å²) in [5.74, 6) is -4.51. The fourth-order valence-electron chi connectivity index (χ4n) is 3.61. The SMILES string of the molecule is C[C@H]1Cn2ncc(S(=O)(=O)N[C@@H]3CCOC3)c2CN1C(=O)Nc1cc(F)c(F)c(F)c1. The molecule has 0 bridgehead atoms. The molecule has 0 saturated carbocycles. The van der Waals surface area contributed by atoms with E-state index in [0.29, 0.717) is 30.9 Å². The number of amides is 2. The van der Waals surface area contributed by atoms with Crippen LogP contribution in [-0.4, -0.2) is 54.4 Å². The van der Waals surface area contributed by atoms with Gasteiger partial charge in [0.2, 0.25) is 10.0 Å². The Kier molecular flexibility index (Phi) is 5.66. The molecule has 1 fully saturated rings. The van der Waals surface area contributed by atoms with Gasteiger partial charge in [0.15, 0.2) is 17.5 Å². The summed E-state index contributed by atoms with van der Waals surface area (Å²) in [6.07, 6.45) is 1.78. The van der Waals surface area contributed by atoms with E-state index in [1.807, 2.05) is 0 Å². The second kappa shape index (κ2) is 8.13. The van der Waals surface area contributed by atoms with Crippen molar-refractivity contribution in [2.45, 2.75) is 43.4 Å². The zero-order valence-corrected chi connectivity index (χ0v) is 17.3. The summed E-state index contributed by atoms with van der Waals surface area (Å²) in [4.78, 5) is 14.0. The summed E-state index contributed by atoms with van der Waals surface area (Å²) >= 11 is 0. The van der Waals surface area contributed by atoms with Gasteiger partial charge in [-0.1, -0.05) is 0 Å². The Bertz CT molecular complexity index is 1090. The number of carbonyl (C=O) groups is 1. The van der Waals surface area contributed by atoms with Crippen molar-refractivity contribution in [2.24, 2.45) is 0 Å². The highest BCUT2D eigenvalue weighted by atomic mass is 32.2. The van der Waals surface area contributed by atoms with E-state index >= 15 is 0 Å². The number of nitrogens with zero attached hydrogens (tertiary/aromatic N) is 3. The zero-order valence-electron chi connectivity index (χ0n) is 16.4. The van der Waals surface area contributed by atoms with Crippen LogP contribution in [0.4, 0.5) is 23.7 Å². The number of anilines is 1. The van der Waals surface area contributed by atoms with Crippen LogP contribution < -0.4 is 10.0 Å². The van der Waals surface area contributed by atoms with Crippen molar-refractivity contribution in [1.82, 2.24) is 19.4 Å². The molecular formula is C18H20F3N5O4S. The van der Waals surface area contributed by atoms with E-state index in [1.54, 1.807) is 6.92 Å². The van der Waals surface area contributed by atoms with Crippen LogP contribution in [0.1, 0.15) is 19.0 Å². The van der Waals surface area contributed by atoms with Gasteiger partial charge in [-0.05, 0) is 13.3 Å². The van der Waals surface area contributed by atoms with E-state index in [-0.39, 0.29) is 36.3 Å². The number of halogens is 3. The molecule has 13 heteroatoms. The fraction of sp³-hybridized carbons (Fsp3) is 0.444. The Morgan fingerprint density at radius 1 is 1.26 bits per heavy atom. The lowest BCUT2D eigenvalue weighted by atomic mass is 10.2. The highest BCUT2D eigenvalue weighted by Gasteiger charge is 2.34. The maximum absolute atomic E-state index is 13.4. The van der Waals surface area contributed by atoms with Crippen LogP contribution >= 0.6 is 0 Å². The van der Waals surface area contributed by atoms with Crippen molar-refractivity contribution in [3.05, 3.63) is 41.5 Å². The maximum Gasteiger partial charge on any atom is 0.322 e. The predicted octanol–water partition coefficient (Wildman–Crippen LogP) is 1.80. The van der Waals surface area contributed by atoms with Crippen molar-refractivity contribution in [3.8, 4) is 0 Å². The number of hydrogen-bond acceptors (Lipinski definition) is 5. The zero-order chi connectivity index (χ0) is 22.3. The summed E-state index contributed by atoms with van der Waals surface area (Å²) in [6, 6.07) is -0.122. The standard InChI is InChI=1S/C18H20F3N5O4S/c1-10-7-26-15(16(6-22-26)31(28,29)24-11-2-3-30-9-11)8-25(10)18(27)23-12-4-13(19)17(21)14(20)5-12/h4-6,10-11,24H,2-3,7-9H2,1H3,(H,23,27)/t10-,11+/m0/s1. The van der Waals surface area contributed by atoms with E-state index < -0.39 is 39.5 Å². The third-order valence-corrected chi connectivity index (χ3v) is 6.80. The lowest BCUT2D eigenvalue weighted by Crippen LogP contribution is -2.47. The number of aromatic nitrogens is 2. The van der Waals surface area contributed by atoms with Gasteiger partial charge in [0, 0.05) is 30.5 Å². The topological polar surface area (TPSA) is 106 Å². The summed E-state index contributed by atoms with van der Waals surface area (Å²) < 4.78 is 74.9. The molecule has 0 radical (unpaired) electrons. The van der Waals surface area contributed by atoms with Gasteiger partial charge in [0.1, 0.15) is 4.90 Å². The number of urea groups is 1. The summed E-state index contributed by atoms with van der Waals surface area (Å²) in [6.45, 7) is 2.58. The fourth-order valence-corrected chi connectivity index (χ4v) is 5.02. The average molecular weight is 459 g/mol. The molecule has 9 nitrogen and oxygen atoms in total. The predicted molar refractivity (Wildman–Crippen MR) is 102 cm³/mol. The first kappa shape index (κ1) is 21.6. The van der Waals surface area contributed by atoms with Crippen LogP contribution in [0.25, 0.3) is 0 Å². The highest BCUT2D eigenvalue weighted by Crippen LogP contribution is 2.26. The third kappa shape index (κ3) is 4.25. The molecule has 0 spiro atoms. The Labute approximate surface area is 176 Å². The minimum Gasteiger partial charge on any atom is -0.380 e. The first-order valence-corrected chi connectivity index (χ1v) is 11.0. The van der Waals surface area contributed by atoms with Crippen LogP contribution in [0.2, 0.25) is 0 Å². The number of rotatable bonds is 4. The molecule has 0 aliphatic carbocycles. The molecule has 1 aromatic carbocycles. The number of ether oxygens (including phenoxy) is 1. The van der Waals surface area contributed by atoms with Gasteiger partial charge in [-0.15, -0.1) is 0 Å². The smallest absolute Gasteiger partial charge is 0.322 e. The van der Waals surface area contributed by atoms with Crippen molar-refractivity contribution in [1.29, 1.82) is 0 Å². The average Bonchev–Trinajstić information content (AvgIpc) is 3.34. The minimum absolute atomic E-state index is 0.0528. The van der Waals surface area contributed by atoms with Crippen LogP contribution in [0.15, 0.2) is 23.2 Å². The van der Waals surface area contributed by atoms with E-state index in [9.17, 15) is 26.4 Å². The van der Waals surface area contributed by atoms with Gasteiger partial charge in [-0.3, -0.25) is 4.68 Å². The van der Waals surface area contributed by atoms with Crippen molar-refractivity contribution < 1.29 is 31.1 Å². The van der Waals surface area contributed by atoms with Crippen LogP contribution in [-0.2, 0) is 27.8 Å². The van der Waals surface area contributed by atoms with Crippen LogP contribution in [0.3, 0.4) is 0 Å². The minimum atomic E-state index is -3.90. The van der Waals surface area contributed by atoms with Gasteiger partial charge >= 0.3 is 6.03 Å². The molecule has 0 unspecified atom stereocenters. The highest BCUT2D eigenvalue weighted by molar-refractivity contribution is 7.89. The Hall–Kier alpha value is -2.64. The van der Waals surface area contributed by atoms with Crippen molar-refractivity contribution >= 4 is 21.7 Å². The molecule has 2 N–H and O–H groups in total. The second-order valence-electron chi connectivity index (χ2n) is 7.48. The lowest BCUT2D eigenvalue weighted by molar-refractivity contribution is 0.160. The third-order valence-electron chi connectivity index (χ3n) is 5.24. The van der Waals surface area contributed by atoms with E-state index in [2.05, 4.69) is 15.1 Å². The maximum atomic E-state index is 13.4. The van der Waals surface area contributed by atoms with E-state index in [0.717, 1.165) is 0 Å². The molecular weight excluding hydrogens is 439 g/mol. The monoisotopic (exact) mass is 459 g/mol. The molecule has 1 aromatic heterocycles. The Morgan fingerprint density at radius 3 is 2.61 bits per heavy atom. The molecule has 2 aliphatic heterocycles. The van der Waals surface area contributed by atoms with Gasteiger partial charge in [0.05, 0.1) is 37.6 Å². The molecule has 168 valence electrons. The first-order valence-electron chi connectivity index (χ1n) is 9.52. The number of nitrogens with one attached hydrogen (secondary N) is 2. The summed E-state index contributed by atoms with van der Waals surface area (Å²) in [5, 5.41) is 6.45. The normalized spacial score (nSPS) is 21.2. The molecule has 31 heavy (non-hydrogen) atoms. The molecule has 1 saturated heterocycles. The Balaban J connectivity index is 1.55. The van der Waals surface area contributed by atoms with Gasteiger partial charge < -0.3 is 15.0 Å². The number of carbonyl (C=O) groups excluding carboxylic acids is 1. The van der Waals surface area contributed by atoms with Crippen molar-refractivity contribution in [3.63, 3.8) is 0 Å². The number of fused-ring (bicyclic) bond motifs is 1. The molecule has 2 atom stereocenters. The van der Waals surface area contributed by atoms with E-state index in [4.69, 9.17) is 4.74 Å². The van der Waals surface area contributed by atoms with Crippen LogP contribution in [0, 0.1) is 17.5 Å². The van der Waals surface area contributed by atoms with Gasteiger partial charge in [-0.2, -0.15) is 5.10 Å². The number of hydrogen-bond donors (Lipinski definition) is 2. The Morgan fingerprint density at radius 2 is 1.97 bits per heavy atom. The molecule has 2 aromatic rings. The van der Waals surface area contributed by atoms with E-state index in [1.165, 1.54) is 15.8 Å².